The van der Waals surface area contributed by atoms with Gasteiger partial charge >= 0.3 is 6.03 Å². The number of carbonyl (C=O) groups is 1. The van der Waals surface area contributed by atoms with Crippen LogP contribution in [-0.4, -0.2) is 35.8 Å². The molecule has 128 valence electrons. The summed E-state index contributed by atoms with van der Waals surface area (Å²) in [5, 5.41) is 3.03. The quantitative estimate of drug-likeness (QED) is 0.855. The van der Waals surface area contributed by atoms with E-state index in [9.17, 15) is 4.79 Å². The molecule has 1 aliphatic rings. The maximum Gasteiger partial charge on any atom is 0.318 e. The summed E-state index contributed by atoms with van der Waals surface area (Å²) in [7, 11) is 1.68. The van der Waals surface area contributed by atoms with Crippen LogP contribution >= 0.6 is 0 Å². The molecule has 5 heteroatoms. The third kappa shape index (κ3) is 3.17. The van der Waals surface area contributed by atoms with Gasteiger partial charge in [0.2, 0.25) is 0 Å². The molecule has 0 spiro atoms. The lowest BCUT2D eigenvalue weighted by atomic mass is 10.1. The van der Waals surface area contributed by atoms with Gasteiger partial charge in [0.1, 0.15) is 0 Å². The third-order valence-corrected chi connectivity index (χ3v) is 4.54. The lowest BCUT2D eigenvalue weighted by Gasteiger charge is -2.29. The van der Waals surface area contributed by atoms with Crippen LogP contribution in [-0.2, 0) is 11.3 Å². The number of rotatable bonds is 5. The van der Waals surface area contributed by atoms with Crippen molar-refractivity contribution in [2.45, 2.75) is 32.4 Å². The lowest BCUT2D eigenvalue weighted by molar-refractivity contribution is 0.164. The fourth-order valence-electron chi connectivity index (χ4n) is 3.37. The van der Waals surface area contributed by atoms with Crippen LogP contribution in [0.1, 0.15) is 37.1 Å². The van der Waals surface area contributed by atoms with E-state index in [1.807, 2.05) is 17.0 Å². The average Bonchev–Trinajstić information content (AvgIpc) is 3.03. The van der Waals surface area contributed by atoms with Gasteiger partial charge in [-0.1, -0.05) is 25.1 Å². The lowest BCUT2D eigenvalue weighted by Crippen LogP contribution is -2.42. The number of urea groups is 1. The van der Waals surface area contributed by atoms with Gasteiger partial charge in [-0.3, -0.25) is 0 Å². The molecule has 3 rings (SSSR count). The van der Waals surface area contributed by atoms with Crippen molar-refractivity contribution >= 4 is 6.03 Å². The van der Waals surface area contributed by atoms with E-state index in [0.717, 1.165) is 29.8 Å². The maximum atomic E-state index is 12.8. The van der Waals surface area contributed by atoms with Crippen molar-refractivity contribution in [3.63, 3.8) is 0 Å². The molecular formula is C19H25N3O2. The highest BCUT2D eigenvalue weighted by atomic mass is 16.5. The third-order valence-electron chi connectivity index (χ3n) is 4.54. The molecule has 2 aromatic rings. The Morgan fingerprint density at radius 2 is 2.12 bits per heavy atom. The summed E-state index contributed by atoms with van der Waals surface area (Å²) >= 11 is 0. The Kier molecular flexibility index (Phi) is 5.20. The second-order valence-corrected chi connectivity index (χ2v) is 6.06. The summed E-state index contributed by atoms with van der Waals surface area (Å²) in [4.78, 5) is 14.7. The van der Waals surface area contributed by atoms with Crippen molar-refractivity contribution in [3.05, 3.63) is 53.9 Å². The highest BCUT2D eigenvalue weighted by molar-refractivity contribution is 5.75. The first-order chi connectivity index (χ1) is 11.8. The number of methoxy groups -OCH3 is 1. The molecule has 1 aliphatic heterocycles. The van der Waals surface area contributed by atoms with Gasteiger partial charge in [-0.2, -0.15) is 0 Å². The highest BCUT2D eigenvalue weighted by Gasteiger charge is 2.30. The number of fused-ring (bicyclic) bond motifs is 3. The standard InChI is InChI=1S/C19H25N3O2/c1-3-16-18-10-6-12-21(18)17-9-5-4-8-15(17)14-22(16)19(23)20-11-7-13-24-2/h4-6,8-10,12,16H,3,7,11,13-14H2,1-2H3,(H,20,23)/t16-/m0/s1. The molecule has 1 aromatic carbocycles. The molecule has 0 bridgehead atoms. The number of nitrogens with one attached hydrogen (secondary N) is 1. The Hall–Kier alpha value is -2.27. The number of hydrogen-bond donors (Lipinski definition) is 1. The zero-order valence-electron chi connectivity index (χ0n) is 14.4. The number of para-hydroxylation sites is 1. The summed E-state index contributed by atoms with van der Waals surface area (Å²) in [6.07, 6.45) is 3.78. The van der Waals surface area contributed by atoms with Crippen molar-refractivity contribution in [1.82, 2.24) is 14.8 Å². The Morgan fingerprint density at radius 1 is 1.29 bits per heavy atom. The number of aromatic nitrogens is 1. The van der Waals surface area contributed by atoms with Crippen LogP contribution in [0.3, 0.4) is 0 Å². The summed E-state index contributed by atoms with van der Waals surface area (Å²) in [5.74, 6) is 0. The van der Waals surface area contributed by atoms with Crippen LogP contribution in [0, 0.1) is 0 Å². The predicted octanol–water partition coefficient (Wildman–Crippen LogP) is 3.49. The van der Waals surface area contributed by atoms with Gasteiger partial charge in [0.15, 0.2) is 0 Å². The molecule has 2 amide bonds. The molecule has 1 N–H and O–H groups in total. The van der Waals surface area contributed by atoms with Crippen LogP contribution in [0.25, 0.3) is 5.69 Å². The summed E-state index contributed by atoms with van der Waals surface area (Å²) in [6, 6.07) is 12.5. The first kappa shape index (κ1) is 16.6. The SMILES string of the molecule is CC[C@H]1c2cccn2-c2ccccc2CN1C(=O)NCCCOC. The van der Waals surface area contributed by atoms with E-state index in [4.69, 9.17) is 4.74 Å². The Morgan fingerprint density at radius 3 is 2.92 bits per heavy atom. The molecule has 24 heavy (non-hydrogen) atoms. The fourth-order valence-corrected chi connectivity index (χ4v) is 3.37. The van der Waals surface area contributed by atoms with E-state index < -0.39 is 0 Å². The largest absolute Gasteiger partial charge is 0.385 e. The number of ether oxygens (including phenoxy) is 1. The van der Waals surface area contributed by atoms with Gasteiger partial charge in [-0.15, -0.1) is 0 Å². The topological polar surface area (TPSA) is 46.5 Å². The smallest absolute Gasteiger partial charge is 0.318 e. The van der Waals surface area contributed by atoms with Gasteiger partial charge in [0.05, 0.1) is 18.3 Å². The molecule has 0 fully saturated rings. The minimum absolute atomic E-state index is 0.0117. The van der Waals surface area contributed by atoms with Crippen molar-refractivity contribution in [2.24, 2.45) is 0 Å². The van der Waals surface area contributed by atoms with Gasteiger partial charge < -0.3 is 19.5 Å². The van der Waals surface area contributed by atoms with E-state index >= 15 is 0 Å². The fraction of sp³-hybridized carbons (Fsp3) is 0.421. The Labute approximate surface area is 143 Å². The normalized spacial score (nSPS) is 16.2. The van der Waals surface area contributed by atoms with E-state index in [1.54, 1.807) is 7.11 Å². The minimum Gasteiger partial charge on any atom is -0.385 e. The van der Waals surface area contributed by atoms with Crippen LogP contribution in [0.2, 0.25) is 0 Å². The van der Waals surface area contributed by atoms with Crippen molar-refractivity contribution in [3.8, 4) is 5.69 Å². The van der Waals surface area contributed by atoms with E-state index in [1.165, 1.54) is 0 Å². The maximum absolute atomic E-state index is 12.8. The molecule has 1 aromatic heterocycles. The first-order valence-corrected chi connectivity index (χ1v) is 8.55. The van der Waals surface area contributed by atoms with Crippen LogP contribution < -0.4 is 5.32 Å². The number of benzene rings is 1. The van der Waals surface area contributed by atoms with Crippen molar-refractivity contribution in [1.29, 1.82) is 0 Å². The number of amides is 2. The summed E-state index contributed by atoms with van der Waals surface area (Å²) in [5.41, 5.74) is 3.48. The second kappa shape index (κ2) is 7.53. The van der Waals surface area contributed by atoms with Crippen molar-refractivity contribution < 1.29 is 9.53 Å². The Balaban J connectivity index is 1.89. The van der Waals surface area contributed by atoms with Gasteiger partial charge in [0.25, 0.3) is 0 Å². The number of carbonyl (C=O) groups excluding carboxylic acids is 1. The number of nitrogens with zero attached hydrogens (tertiary/aromatic N) is 2. The second-order valence-electron chi connectivity index (χ2n) is 6.06. The zero-order valence-corrected chi connectivity index (χ0v) is 14.4. The van der Waals surface area contributed by atoms with Crippen LogP contribution in [0.5, 0.6) is 0 Å². The molecule has 0 saturated carbocycles. The molecule has 5 nitrogen and oxygen atoms in total. The first-order valence-electron chi connectivity index (χ1n) is 8.55. The van der Waals surface area contributed by atoms with Crippen molar-refractivity contribution in [2.75, 3.05) is 20.3 Å². The van der Waals surface area contributed by atoms with Crippen LogP contribution in [0.15, 0.2) is 42.6 Å². The molecular weight excluding hydrogens is 302 g/mol. The molecule has 0 radical (unpaired) electrons. The number of hydrogen-bond acceptors (Lipinski definition) is 2. The van der Waals surface area contributed by atoms with Crippen LogP contribution in [0.4, 0.5) is 4.79 Å². The van der Waals surface area contributed by atoms with E-state index in [-0.39, 0.29) is 12.1 Å². The van der Waals surface area contributed by atoms with Gasteiger partial charge in [0, 0.05) is 32.2 Å². The zero-order chi connectivity index (χ0) is 16.9. The molecule has 0 aliphatic carbocycles. The summed E-state index contributed by atoms with van der Waals surface area (Å²) in [6.45, 7) is 4.03. The van der Waals surface area contributed by atoms with Gasteiger partial charge in [-0.05, 0) is 36.6 Å². The Bertz CT molecular complexity index is 695. The monoisotopic (exact) mass is 327 g/mol. The average molecular weight is 327 g/mol. The summed E-state index contributed by atoms with van der Waals surface area (Å²) < 4.78 is 7.26. The van der Waals surface area contributed by atoms with Gasteiger partial charge in [-0.25, -0.2) is 4.79 Å². The molecule has 1 atom stereocenters. The predicted molar refractivity (Wildman–Crippen MR) is 94.2 cm³/mol. The van der Waals surface area contributed by atoms with E-state index in [2.05, 4.69) is 47.3 Å². The molecule has 2 heterocycles. The minimum atomic E-state index is -0.0117. The van der Waals surface area contributed by atoms with E-state index in [0.29, 0.717) is 19.7 Å². The molecule has 0 unspecified atom stereocenters. The highest BCUT2D eigenvalue weighted by Crippen LogP contribution is 2.33. The molecule has 0 saturated heterocycles.